The van der Waals surface area contributed by atoms with E-state index < -0.39 is 11.6 Å². The topological polar surface area (TPSA) is 91.4 Å². The summed E-state index contributed by atoms with van der Waals surface area (Å²) in [5.74, 6) is -1.01. The van der Waals surface area contributed by atoms with Gasteiger partial charge in [0.05, 0.1) is 11.3 Å². The summed E-state index contributed by atoms with van der Waals surface area (Å²) in [6, 6.07) is 6.79. The third-order valence-electron chi connectivity index (χ3n) is 4.07. The fraction of sp³-hybridized carbons (Fsp3) is 0.200. The minimum Gasteiger partial charge on any atom is -0.321 e. The van der Waals surface area contributed by atoms with E-state index >= 15 is 0 Å². The highest BCUT2D eigenvalue weighted by Gasteiger charge is 2.56. The van der Waals surface area contributed by atoms with Crippen molar-refractivity contribution in [2.75, 3.05) is 10.2 Å². The van der Waals surface area contributed by atoms with Crippen LogP contribution in [0.3, 0.4) is 0 Å². The normalized spacial score (nSPS) is 22.3. The molecule has 4 rings (SSSR count). The second-order valence-corrected chi connectivity index (χ2v) is 6.25. The van der Waals surface area contributed by atoms with Gasteiger partial charge in [0.1, 0.15) is 0 Å². The van der Waals surface area contributed by atoms with Crippen LogP contribution in [0, 0.1) is 0 Å². The van der Waals surface area contributed by atoms with Crippen LogP contribution in [0.5, 0.6) is 0 Å². The van der Waals surface area contributed by atoms with E-state index in [0.29, 0.717) is 16.4 Å². The molecule has 1 atom stereocenters. The number of hydrogen-bond acceptors (Lipinski definition) is 5. The highest BCUT2D eigenvalue weighted by molar-refractivity contribution is 7.13. The molecule has 3 amide bonds. The molecule has 7 nitrogen and oxygen atoms in total. The van der Waals surface area contributed by atoms with Crippen molar-refractivity contribution in [2.24, 2.45) is 0 Å². The standard InChI is InChI=1S/C15H12N4O3S/c20-11-5-6-15(13(22)17-14-16-7-8-23-14)18-12(21)9-3-1-2-4-10(9)19(11)15/h1-4,7-8H,5-6H2,(H,18,21)(H,16,17,22)/t15-/m0/s1. The summed E-state index contributed by atoms with van der Waals surface area (Å²) in [6.07, 6.45) is 1.99. The van der Waals surface area contributed by atoms with Gasteiger partial charge >= 0.3 is 0 Å². The molecule has 0 bridgehead atoms. The van der Waals surface area contributed by atoms with Crippen LogP contribution in [0.15, 0.2) is 35.8 Å². The maximum absolute atomic E-state index is 12.8. The average Bonchev–Trinajstić information content (AvgIpc) is 3.16. The van der Waals surface area contributed by atoms with Crippen LogP contribution in [-0.4, -0.2) is 28.4 Å². The molecule has 2 aliphatic heterocycles. The molecule has 23 heavy (non-hydrogen) atoms. The summed E-state index contributed by atoms with van der Waals surface area (Å²) in [5.41, 5.74) is -0.540. The Morgan fingerprint density at radius 3 is 2.96 bits per heavy atom. The molecule has 2 aliphatic rings. The molecule has 8 heteroatoms. The Morgan fingerprint density at radius 2 is 2.17 bits per heavy atom. The Morgan fingerprint density at radius 1 is 1.35 bits per heavy atom. The molecule has 0 spiro atoms. The van der Waals surface area contributed by atoms with Crippen molar-refractivity contribution in [3.05, 3.63) is 41.4 Å². The number of anilines is 2. The molecule has 2 aromatic rings. The van der Waals surface area contributed by atoms with Gasteiger partial charge in [-0.3, -0.25) is 24.6 Å². The van der Waals surface area contributed by atoms with E-state index in [1.165, 1.54) is 16.2 Å². The maximum atomic E-state index is 12.8. The molecule has 2 N–H and O–H groups in total. The molecular formula is C15H12N4O3S. The number of rotatable bonds is 2. The SMILES string of the molecule is O=C1N[C@@]2(C(=O)Nc3nccs3)CCC(=O)N2c2ccccc21. The molecule has 1 saturated heterocycles. The number of carbonyl (C=O) groups is 3. The van der Waals surface area contributed by atoms with Crippen molar-refractivity contribution in [1.29, 1.82) is 0 Å². The van der Waals surface area contributed by atoms with E-state index in [9.17, 15) is 14.4 Å². The molecular weight excluding hydrogens is 316 g/mol. The quantitative estimate of drug-likeness (QED) is 0.870. The van der Waals surface area contributed by atoms with E-state index in [1.807, 2.05) is 0 Å². The molecule has 116 valence electrons. The van der Waals surface area contributed by atoms with Crippen LogP contribution in [-0.2, 0) is 9.59 Å². The summed E-state index contributed by atoms with van der Waals surface area (Å²) >= 11 is 1.27. The lowest BCUT2D eigenvalue weighted by Gasteiger charge is -2.41. The number of para-hydroxylation sites is 1. The lowest BCUT2D eigenvalue weighted by atomic mass is 9.99. The fourth-order valence-corrected chi connectivity index (χ4v) is 3.58. The Labute approximate surface area is 135 Å². The van der Waals surface area contributed by atoms with E-state index in [4.69, 9.17) is 0 Å². The Balaban J connectivity index is 1.79. The number of hydrogen-bond donors (Lipinski definition) is 2. The summed E-state index contributed by atoms with van der Waals surface area (Å²) in [5, 5.41) is 7.57. The van der Waals surface area contributed by atoms with Gasteiger partial charge in [-0.25, -0.2) is 4.98 Å². The number of amides is 3. The number of carbonyl (C=O) groups excluding carboxylic acids is 3. The van der Waals surface area contributed by atoms with Gasteiger partial charge in [-0.15, -0.1) is 11.3 Å². The van der Waals surface area contributed by atoms with Gasteiger partial charge in [0, 0.05) is 24.4 Å². The second kappa shape index (κ2) is 4.88. The van der Waals surface area contributed by atoms with Gasteiger partial charge in [-0.05, 0) is 12.1 Å². The van der Waals surface area contributed by atoms with Gasteiger partial charge in [-0.2, -0.15) is 0 Å². The molecule has 3 heterocycles. The van der Waals surface area contributed by atoms with Crippen LogP contribution in [0.2, 0.25) is 0 Å². The summed E-state index contributed by atoms with van der Waals surface area (Å²) < 4.78 is 0. The first-order valence-electron chi connectivity index (χ1n) is 7.07. The summed E-state index contributed by atoms with van der Waals surface area (Å²) in [6.45, 7) is 0. The van der Waals surface area contributed by atoms with Crippen molar-refractivity contribution in [2.45, 2.75) is 18.5 Å². The van der Waals surface area contributed by atoms with Gasteiger partial charge in [0.2, 0.25) is 11.6 Å². The molecule has 0 radical (unpaired) electrons. The predicted molar refractivity (Wildman–Crippen MR) is 84.1 cm³/mol. The number of thiazole rings is 1. The van der Waals surface area contributed by atoms with Crippen LogP contribution in [0.25, 0.3) is 0 Å². The molecule has 1 aromatic carbocycles. The Kier molecular flexibility index (Phi) is 2.95. The third kappa shape index (κ3) is 1.95. The van der Waals surface area contributed by atoms with Crippen LogP contribution < -0.4 is 15.5 Å². The van der Waals surface area contributed by atoms with Crippen LogP contribution in [0.4, 0.5) is 10.8 Å². The van der Waals surface area contributed by atoms with Gasteiger partial charge in [-0.1, -0.05) is 12.1 Å². The van der Waals surface area contributed by atoms with Crippen molar-refractivity contribution >= 4 is 39.9 Å². The van der Waals surface area contributed by atoms with Crippen molar-refractivity contribution in [3.8, 4) is 0 Å². The van der Waals surface area contributed by atoms with E-state index in [2.05, 4.69) is 15.6 Å². The second-order valence-electron chi connectivity index (χ2n) is 5.35. The predicted octanol–water partition coefficient (Wildman–Crippen LogP) is 1.35. The van der Waals surface area contributed by atoms with Crippen molar-refractivity contribution in [1.82, 2.24) is 10.3 Å². The zero-order valence-corrected chi connectivity index (χ0v) is 12.7. The zero-order valence-electron chi connectivity index (χ0n) is 11.9. The first kappa shape index (κ1) is 13.9. The molecule has 1 fully saturated rings. The lowest BCUT2D eigenvalue weighted by molar-refractivity contribution is -0.124. The Hall–Kier alpha value is -2.74. The van der Waals surface area contributed by atoms with Crippen LogP contribution in [0.1, 0.15) is 23.2 Å². The Bertz CT molecular complexity index is 820. The number of benzene rings is 1. The van der Waals surface area contributed by atoms with Crippen molar-refractivity contribution in [3.63, 3.8) is 0 Å². The smallest absolute Gasteiger partial charge is 0.273 e. The van der Waals surface area contributed by atoms with Gasteiger partial charge < -0.3 is 5.32 Å². The van der Waals surface area contributed by atoms with E-state index in [0.717, 1.165) is 0 Å². The highest BCUT2D eigenvalue weighted by Crippen LogP contribution is 2.39. The largest absolute Gasteiger partial charge is 0.321 e. The number of fused-ring (bicyclic) bond motifs is 3. The number of aromatic nitrogens is 1. The molecule has 0 unspecified atom stereocenters. The van der Waals surface area contributed by atoms with Gasteiger partial charge in [0.15, 0.2) is 5.13 Å². The minimum absolute atomic E-state index is 0.188. The number of nitrogens with zero attached hydrogens (tertiary/aromatic N) is 2. The fourth-order valence-electron chi connectivity index (χ4n) is 3.06. The summed E-state index contributed by atoms with van der Waals surface area (Å²) in [7, 11) is 0. The molecule has 0 saturated carbocycles. The van der Waals surface area contributed by atoms with Crippen molar-refractivity contribution < 1.29 is 14.4 Å². The first-order valence-corrected chi connectivity index (χ1v) is 7.95. The zero-order chi connectivity index (χ0) is 16.0. The van der Waals surface area contributed by atoms with E-state index in [1.54, 1.807) is 35.8 Å². The molecule has 1 aromatic heterocycles. The number of nitrogens with one attached hydrogen (secondary N) is 2. The first-order chi connectivity index (χ1) is 11.1. The van der Waals surface area contributed by atoms with E-state index in [-0.39, 0.29) is 24.7 Å². The third-order valence-corrected chi connectivity index (χ3v) is 4.76. The lowest BCUT2D eigenvalue weighted by Crippen LogP contribution is -2.68. The monoisotopic (exact) mass is 328 g/mol. The maximum Gasteiger partial charge on any atom is 0.273 e. The molecule has 0 aliphatic carbocycles. The van der Waals surface area contributed by atoms with Crippen LogP contribution >= 0.6 is 11.3 Å². The average molecular weight is 328 g/mol. The van der Waals surface area contributed by atoms with Gasteiger partial charge in [0.25, 0.3) is 11.8 Å². The minimum atomic E-state index is -1.39. The highest BCUT2D eigenvalue weighted by atomic mass is 32.1. The summed E-state index contributed by atoms with van der Waals surface area (Å²) in [4.78, 5) is 43.0.